The van der Waals surface area contributed by atoms with Gasteiger partial charge >= 0.3 is 0 Å². The Bertz CT molecular complexity index is 816. The van der Waals surface area contributed by atoms with Crippen LogP contribution in [-0.4, -0.2) is 26.6 Å². The van der Waals surface area contributed by atoms with Gasteiger partial charge in [0.05, 0.1) is 6.54 Å². The summed E-state index contributed by atoms with van der Waals surface area (Å²) in [6.45, 7) is 2.00. The zero-order chi connectivity index (χ0) is 16.2. The fraction of sp³-hybridized carbons (Fsp3) is 0.188. The van der Waals surface area contributed by atoms with E-state index in [1.165, 1.54) is 0 Å². The second kappa shape index (κ2) is 6.78. The van der Waals surface area contributed by atoms with Crippen LogP contribution < -0.4 is 10.1 Å². The largest absolute Gasteiger partial charge is 0.481 e. The predicted octanol–water partition coefficient (Wildman–Crippen LogP) is 2.58. The number of nitrogens with one attached hydrogen (secondary N) is 1. The number of nitrogens with zero attached hydrogens (tertiary/aromatic N) is 3. The van der Waals surface area contributed by atoms with Crippen LogP contribution >= 0.6 is 15.9 Å². The van der Waals surface area contributed by atoms with Crippen LogP contribution in [0, 0.1) is 0 Å². The van der Waals surface area contributed by atoms with Gasteiger partial charge in [-0.05, 0) is 43.3 Å². The molecule has 0 aliphatic heterocycles. The summed E-state index contributed by atoms with van der Waals surface area (Å²) in [5, 5.41) is 10.9. The van der Waals surface area contributed by atoms with Crippen molar-refractivity contribution in [2.45, 2.75) is 19.6 Å². The van der Waals surface area contributed by atoms with Crippen molar-refractivity contribution in [3.63, 3.8) is 0 Å². The zero-order valence-corrected chi connectivity index (χ0v) is 14.0. The first-order chi connectivity index (χ1) is 11.1. The van der Waals surface area contributed by atoms with Gasteiger partial charge in [0.15, 0.2) is 17.6 Å². The van der Waals surface area contributed by atoms with Crippen molar-refractivity contribution in [3.8, 4) is 5.75 Å². The molecule has 1 amide bonds. The number of carbonyl (C=O) groups excluding carboxylic acids is 1. The molecule has 7 heteroatoms. The van der Waals surface area contributed by atoms with E-state index in [0.29, 0.717) is 11.6 Å². The molecule has 23 heavy (non-hydrogen) atoms. The van der Waals surface area contributed by atoms with E-state index in [9.17, 15) is 4.79 Å². The maximum atomic E-state index is 12.1. The SMILES string of the molecule is CC(Oc1ccc(Br)cc1)C(=O)NCc1nnc2ccccn12. The number of fused-ring (bicyclic) bond motifs is 1. The van der Waals surface area contributed by atoms with E-state index in [1.807, 2.05) is 40.9 Å². The Hall–Kier alpha value is -2.41. The quantitative estimate of drug-likeness (QED) is 0.744. The lowest BCUT2D eigenvalue weighted by Gasteiger charge is -2.14. The minimum atomic E-state index is -0.602. The van der Waals surface area contributed by atoms with Crippen molar-refractivity contribution in [3.05, 3.63) is 59.0 Å². The monoisotopic (exact) mass is 374 g/mol. The van der Waals surface area contributed by atoms with Crippen LogP contribution in [0.15, 0.2) is 53.1 Å². The van der Waals surface area contributed by atoms with Gasteiger partial charge in [0.25, 0.3) is 5.91 Å². The molecule has 0 saturated heterocycles. The number of hydrogen-bond donors (Lipinski definition) is 1. The molecule has 1 aromatic carbocycles. The number of hydrogen-bond acceptors (Lipinski definition) is 4. The molecule has 3 rings (SSSR count). The second-order valence-electron chi connectivity index (χ2n) is 4.98. The number of pyridine rings is 1. The number of amides is 1. The Kier molecular flexibility index (Phi) is 4.57. The molecule has 1 atom stereocenters. The molecule has 6 nitrogen and oxygen atoms in total. The van der Waals surface area contributed by atoms with Crippen LogP contribution in [0.5, 0.6) is 5.75 Å². The van der Waals surface area contributed by atoms with Crippen molar-refractivity contribution in [2.75, 3.05) is 0 Å². The average molecular weight is 375 g/mol. The van der Waals surface area contributed by atoms with Crippen molar-refractivity contribution in [1.82, 2.24) is 19.9 Å². The molecule has 118 valence electrons. The van der Waals surface area contributed by atoms with Gasteiger partial charge in [-0.25, -0.2) is 0 Å². The summed E-state index contributed by atoms with van der Waals surface area (Å²) in [6.07, 6.45) is 1.26. The fourth-order valence-corrected chi connectivity index (χ4v) is 2.36. The van der Waals surface area contributed by atoms with E-state index in [-0.39, 0.29) is 12.5 Å². The molecule has 2 aromatic heterocycles. The lowest BCUT2D eigenvalue weighted by Crippen LogP contribution is -2.36. The maximum Gasteiger partial charge on any atom is 0.261 e. The number of carbonyl (C=O) groups is 1. The van der Waals surface area contributed by atoms with Gasteiger partial charge in [-0.15, -0.1) is 10.2 Å². The van der Waals surface area contributed by atoms with Gasteiger partial charge < -0.3 is 10.1 Å². The second-order valence-corrected chi connectivity index (χ2v) is 5.89. The van der Waals surface area contributed by atoms with Crippen LogP contribution in [0.25, 0.3) is 5.65 Å². The molecule has 2 heterocycles. The third-order valence-corrected chi connectivity index (χ3v) is 3.83. The molecule has 1 N–H and O–H groups in total. The first kappa shape index (κ1) is 15.5. The van der Waals surface area contributed by atoms with Crippen LogP contribution in [0.4, 0.5) is 0 Å². The molecule has 0 radical (unpaired) electrons. The van der Waals surface area contributed by atoms with E-state index >= 15 is 0 Å². The summed E-state index contributed by atoms with van der Waals surface area (Å²) in [4.78, 5) is 12.1. The van der Waals surface area contributed by atoms with Gasteiger partial charge in [0.1, 0.15) is 5.75 Å². The van der Waals surface area contributed by atoms with Crippen LogP contribution in [0.1, 0.15) is 12.7 Å². The molecule has 0 bridgehead atoms. The Morgan fingerprint density at radius 3 is 2.83 bits per heavy atom. The average Bonchev–Trinajstić information content (AvgIpc) is 2.98. The summed E-state index contributed by atoms with van der Waals surface area (Å²) >= 11 is 3.36. The number of benzene rings is 1. The molecular formula is C16H15BrN4O2. The minimum Gasteiger partial charge on any atom is -0.481 e. The van der Waals surface area contributed by atoms with Gasteiger partial charge in [0.2, 0.25) is 0 Å². The third-order valence-electron chi connectivity index (χ3n) is 3.30. The lowest BCUT2D eigenvalue weighted by atomic mass is 10.3. The minimum absolute atomic E-state index is 0.208. The molecular weight excluding hydrogens is 360 g/mol. The fourth-order valence-electron chi connectivity index (χ4n) is 2.09. The van der Waals surface area contributed by atoms with E-state index < -0.39 is 6.10 Å². The molecule has 0 spiro atoms. The van der Waals surface area contributed by atoms with E-state index in [4.69, 9.17) is 4.74 Å². The molecule has 1 unspecified atom stereocenters. The molecule has 0 saturated carbocycles. The number of rotatable bonds is 5. The topological polar surface area (TPSA) is 68.5 Å². The summed E-state index contributed by atoms with van der Waals surface area (Å²) in [5.41, 5.74) is 0.746. The van der Waals surface area contributed by atoms with E-state index in [2.05, 4.69) is 31.4 Å². The van der Waals surface area contributed by atoms with Gasteiger partial charge in [-0.3, -0.25) is 9.20 Å². The number of halogens is 1. The van der Waals surface area contributed by atoms with E-state index in [1.54, 1.807) is 19.1 Å². The van der Waals surface area contributed by atoms with Crippen molar-refractivity contribution in [2.24, 2.45) is 0 Å². The summed E-state index contributed by atoms with van der Waals surface area (Å²) in [7, 11) is 0. The molecule has 3 aromatic rings. The molecule has 0 aliphatic carbocycles. The Labute approximate surface area is 141 Å². The number of ether oxygens (including phenoxy) is 1. The molecule has 0 fully saturated rings. The third kappa shape index (κ3) is 3.68. The van der Waals surface area contributed by atoms with Crippen molar-refractivity contribution >= 4 is 27.5 Å². The van der Waals surface area contributed by atoms with Gasteiger partial charge in [0, 0.05) is 10.7 Å². The highest BCUT2D eigenvalue weighted by Gasteiger charge is 2.15. The highest BCUT2D eigenvalue weighted by atomic mass is 79.9. The van der Waals surface area contributed by atoms with Crippen LogP contribution in [0.3, 0.4) is 0 Å². The van der Waals surface area contributed by atoms with Crippen LogP contribution in [0.2, 0.25) is 0 Å². The summed E-state index contributed by atoms with van der Waals surface area (Å²) in [6, 6.07) is 13.0. The highest BCUT2D eigenvalue weighted by molar-refractivity contribution is 9.10. The summed E-state index contributed by atoms with van der Waals surface area (Å²) in [5.74, 6) is 1.11. The Morgan fingerprint density at radius 2 is 2.04 bits per heavy atom. The standard InChI is InChI=1S/C16H15BrN4O2/c1-11(23-13-7-5-12(17)6-8-13)16(22)18-10-15-20-19-14-4-2-3-9-21(14)15/h2-9,11H,10H2,1H3,(H,18,22). The normalized spacial score (nSPS) is 12.1. The smallest absolute Gasteiger partial charge is 0.261 e. The first-order valence-electron chi connectivity index (χ1n) is 7.12. The van der Waals surface area contributed by atoms with Gasteiger partial charge in [-0.1, -0.05) is 22.0 Å². The maximum absolute atomic E-state index is 12.1. The number of aromatic nitrogens is 3. The highest BCUT2D eigenvalue weighted by Crippen LogP contribution is 2.17. The Morgan fingerprint density at radius 1 is 1.26 bits per heavy atom. The zero-order valence-electron chi connectivity index (χ0n) is 12.4. The van der Waals surface area contributed by atoms with Gasteiger partial charge in [-0.2, -0.15) is 0 Å². The van der Waals surface area contributed by atoms with Crippen molar-refractivity contribution < 1.29 is 9.53 Å². The molecule has 0 aliphatic rings. The Balaban J connectivity index is 1.59. The van der Waals surface area contributed by atoms with Crippen molar-refractivity contribution in [1.29, 1.82) is 0 Å². The predicted molar refractivity (Wildman–Crippen MR) is 89.1 cm³/mol. The lowest BCUT2D eigenvalue weighted by molar-refractivity contribution is -0.127. The van der Waals surface area contributed by atoms with Crippen LogP contribution in [-0.2, 0) is 11.3 Å². The first-order valence-corrected chi connectivity index (χ1v) is 7.91. The summed E-state index contributed by atoms with van der Waals surface area (Å²) < 4.78 is 8.41. The van der Waals surface area contributed by atoms with E-state index in [0.717, 1.165) is 10.1 Å².